The molecule has 0 bridgehead atoms. The maximum atomic E-state index is 14.2. The number of phenols is 1. The number of ketones is 2. The number of aromatic hydroxyl groups is 1. The first-order valence-electron chi connectivity index (χ1n) is 13.5. The molecule has 1 amide bonds. The van der Waals surface area contributed by atoms with Gasteiger partial charge in [-0.3, -0.25) is 24.1 Å². The highest BCUT2D eigenvalue weighted by Gasteiger charge is 2.69. The molecule has 214 valence electrons. The van der Waals surface area contributed by atoms with E-state index in [0.29, 0.717) is 5.56 Å². The molecule has 4 aliphatic carbocycles. The molecule has 0 aromatic heterocycles. The van der Waals surface area contributed by atoms with Crippen LogP contribution in [0.15, 0.2) is 35.1 Å². The van der Waals surface area contributed by atoms with Crippen molar-refractivity contribution in [3.05, 3.63) is 46.2 Å². The Bertz CT molecular complexity index is 1370. The number of fused-ring (bicyclic) bond motifs is 3. The fourth-order valence-corrected chi connectivity index (χ4v) is 7.34. The van der Waals surface area contributed by atoms with E-state index in [-0.39, 0.29) is 29.2 Å². The minimum atomic E-state index is -2.94. The molecule has 2 saturated carbocycles. The lowest BCUT2D eigenvalue weighted by molar-refractivity contribution is -0.186. The molecular formula is C29H34N2O9. The van der Waals surface area contributed by atoms with E-state index in [1.807, 2.05) is 0 Å². The predicted octanol–water partition coefficient (Wildman–Crippen LogP) is 1.63. The molecule has 6 unspecified atom stereocenters. The van der Waals surface area contributed by atoms with Crippen molar-refractivity contribution in [1.29, 1.82) is 0 Å². The molecule has 5 rings (SSSR count). The van der Waals surface area contributed by atoms with Crippen molar-refractivity contribution in [2.75, 3.05) is 14.1 Å². The number of aliphatic hydroxyl groups is 3. The van der Waals surface area contributed by atoms with Gasteiger partial charge in [-0.15, -0.1) is 0 Å². The maximum absolute atomic E-state index is 14.2. The van der Waals surface area contributed by atoms with E-state index >= 15 is 0 Å². The smallest absolute Gasteiger partial charge is 0.306 e. The van der Waals surface area contributed by atoms with Crippen LogP contribution in [0.2, 0.25) is 0 Å². The highest BCUT2D eigenvalue weighted by Crippen LogP contribution is 2.57. The van der Waals surface area contributed by atoms with Crippen molar-refractivity contribution >= 4 is 29.2 Å². The molecule has 1 aromatic rings. The van der Waals surface area contributed by atoms with Gasteiger partial charge in [-0.25, -0.2) is 0 Å². The summed E-state index contributed by atoms with van der Waals surface area (Å²) >= 11 is 0. The van der Waals surface area contributed by atoms with Crippen molar-refractivity contribution in [2.45, 2.75) is 62.7 Å². The highest BCUT2D eigenvalue weighted by atomic mass is 16.5. The van der Waals surface area contributed by atoms with Crippen LogP contribution in [0.25, 0.3) is 5.76 Å². The predicted molar refractivity (Wildman–Crippen MR) is 141 cm³/mol. The Morgan fingerprint density at radius 3 is 2.38 bits per heavy atom. The summed E-state index contributed by atoms with van der Waals surface area (Å²) in [6.45, 7) is 1.73. The zero-order valence-corrected chi connectivity index (χ0v) is 22.6. The Balaban J connectivity index is 1.76. The number of likely N-dealkylation sites (N-methyl/N-ethyl adjacent to an activating group) is 1. The van der Waals surface area contributed by atoms with Crippen LogP contribution in [-0.4, -0.2) is 80.6 Å². The van der Waals surface area contributed by atoms with Crippen LogP contribution in [0, 0.1) is 17.8 Å². The quantitative estimate of drug-likeness (QED) is 0.264. The zero-order chi connectivity index (χ0) is 29.3. The van der Waals surface area contributed by atoms with Gasteiger partial charge >= 0.3 is 5.97 Å². The molecule has 6 atom stereocenters. The Morgan fingerprint density at radius 2 is 1.77 bits per heavy atom. The standard InChI is InChI=1S/C29H34N2O9/c1-12-14-9-6-10-15(32)18(14)23(34)19-17(12)25(40-16(33)11-13-7-4-5-8-13)21-22(31(2)3)24(35)20(28(30)38)27(37)29(21,39)26(19)36/h6,9-10,12-13,17,21-22,25,32,34,37,39H,4-5,7-8,11H2,1-3H3,(H2,30,38). The molecule has 0 radical (unpaired) electrons. The molecule has 0 heterocycles. The number of nitrogens with two attached hydrogens (primary N) is 1. The first kappa shape index (κ1) is 27.9. The van der Waals surface area contributed by atoms with Gasteiger partial charge in [0.05, 0.1) is 17.5 Å². The van der Waals surface area contributed by atoms with Gasteiger partial charge in [0.1, 0.15) is 28.9 Å². The van der Waals surface area contributed by atoms with Crippen LogP contribution >= 0.6 is 0 Å². The first-order chi connectivity index (χ1) is 18.8. The number of carbonyl (C=O) groups excluding carboxylic acids is 4. The van der Waals surface area contributed by atoms with E-state index in [4.69, 9.17) is 10.5 Å². The van der Waals surface area contributed by atoms with E-state index in [9.17, 15) is 39.6 Å². The Morgan fingerprint density at radius 1 is 1.12 bits per heavy atom. The van der Waals surface area contributed by atoms with Crippen LogP contribution in [0.1, 0.15) is 56.1 Å². The fraction of sp³-hybridized carbons (Fsp3) is 0.517. The van der Waals surface area contributed by atoms with Crippen molar-refractivity contribution in [2.24, 2.45) is 23.5 Å². The van der Waals surface area contributed by atoms with Crippen molar-refractivity contribution in [3.63, 3.8) is 0 Å². The van der Waals surface area contributed by atoms with Gasteiger partial charge in [-0.2, -0.15) is 0 Å². The number of aliphatic hydroxyl groups excluding tert-OH is 2. The van der Waals surface area contributed by atoms with Crippen LogP contribution < -0.4 is 5.73 Å². The topological polar surface area (TPSA) is 188 Å². The summed E-state index contributed by atoms with van der Waals surface area (Å²) in [6.07, 6.45) is 2.40. The second-order valence-electron chi connectivity index (χ2n) is 11.6. The van der Waals surface area contributed by atoms with Crippen molar-refractivity contribution in [3.8, 4) is 5.75 Å². The fourth-order valence-electron chi connectivity index (χ4n) is 7.34. The number of hydrogen-bond acceptors (Lipinski definition) is 10. The molecule has 0 aliphatic heterocycles. The van der Waals surface area contributed by atoms with Crippen molar-refractivity contribution in [1.82, 2.24) is 4.90 Å². The van der Waals surface area contributed by atoms with E-state index in [2.05, 4.69) is 0 Å². The second kappa shape index (κ2) is 9.74. The highest BCUT2D eigenvalue weighted by molar-refractivity contribution is 6.24. The molecule has 6 N–H and O–H groups in total. The lowest BCUT2D eigenvalue weighted by atomic mass is 9.54. The van der Waals surface area contributed by atoms with Gasteiger partial charge in [0, 0.05) is 17.9 Å². The molecule has 2 fully saturated rings. The molecule has 0 spiro atoms. The maximum Gasteiger partial charge on any atom is 0.306 e. The molecule has 40 heavy (non-hydrogen) atoms. The molecule has 0 saturated heterocycles. The normalized spacial score (nSPS) is 32.2. The van der Waals surface area contributed by atoms with Crippen LogP contribution in [0.3, 0.4) is 0 Å². The monoisotopic (exact) mass is 554 g/mol. The number of phenolic OH excluding ortho intramolecular Hbond substituents is 1. The van der Waals surface area contributed by atoms with Gasteiger partial charge in [0.15, 0.2) is 11.4 Å². The first-order valence-corrected chi connectivity index (χ1v) is 13.5. The molecular weight excluding hydrogens is 520 g/mol. The molecule has 11 heteroatoms. The summed E-state index contributed by atoms with van der Waals surface area (Å²) < 4.78 is 6.05. The number of carbonyl (C=O) groups is 4. The minimum Gasteiger partial charge on any atom is -0.508 e. The summed E-state index contributed by atoms with van der Waals surface area (Å²) in [5.41, 5.74) is 1.61. The van der Waals surface area contributed by atoms with Crippen molar-refractivity contribution < 1.29 is 44.3 Å². The minimum absolute atomic E-state index is 0.0256. The number of benzene rings is 1. The number of hydrogen-bond donors (Lipinski definition) is 5. The van der Waals surface area contributed by atoms with Crippen LogP contribution in [0.4, 0.5) is 0 Å². The van der Waals surface area contributed by atoms with Gasteiger partial charge in [-0.1, -0.05) is 31.9 Å². The third-order valence-electron chi connectivity index (χ3n) is 9.16. The number of nitrogens with zero attached hydrogens (tertiary/aromatic N) is 1. The zero-order valence-electron chi connectivity index (χ0n) is 22.6. The van der Waals surface area contributed by atoms with Crippen LogP contribution in [0.5, 0.6) is 5.75 Å². The van der Waals surface area contributed by atoms with E-state index < -0.39 is 76.0 Å². The van der Waals surface area contributed by atoms with E-state index in [0.717, 1.165) is 25.7 Å². The summed E-state index contributed by atoms with van der Waals surface area (Å²) in [5, 5.41) is 45.2. The molecule has 11 nitrogen and oxygen atoms in total. The number of amides is 1. The van der Waals surface area contributed by atoms with Gasteiger partial charge in [-0.05, 0) is 50.4 Å². The average Bonchev–Trinajstić information content (AvgIpc) is 3.38. The Labute approximate surface area is 230 Å². The summed E-state index contributed by atoms with van der Waals surface area (Å²) in [7, 11) is 2.98. The largest absolute Gasteiger partial charge is 0.508 e. The molecule has 1 aromatic carbocycles. The van der Waals surface area contributed by atoms with Gasteiger partial charge < -0.3 is 30.9 Å². The Kier molecular flexibility index (Phi) is 6.78. The number of esters is 1. The number of ether oxygens (including phenoxy) is 1. The second-order valence-corrected chi connectivity index (χ2v) is 11.6. The lowest BCUT2D eigenvalue weighted by Crippen LogP contribution is -2.71. The van der Waals surface area contributed by atoms with E-state index in [1.165, 1.54) is 25.1 Å². The van der Waals surface area contributed by atoms with Crippen LogP contribution in [-0.2, 0) is 23.9 Å². The Hall–Kier alpha value is -3.70. The van der Waals surface area contributed by atoms with Gasteiger partial charge in [0.2, 0.25) is 5.78 Å². The van der Waals surface area contributed by atoms with E-state index in [1.54, 1.807) is 19.1 Å². The number of rotatable bonds is 5. The van der Waals surface area contributed by atoms with Gasteiger partial charge in [0.25, 0.3) is 5.91 Å². The lowest BCUT2D eigenvalue weighted by Gasteiger charge is -2.54. The number of primary amides is 1. The molecule has 4 aliphatic rings. The number of Topliss-reactive ketones (excluding diaryl/α,β-unsaturated/α-hetero) is 2. The average molecular weight is 555 g/mol. The summed E-state index contributed by atoms with van der Waals surface area (Å²) in [5.74, 6) is -9.35. The third kappa shape index (κ3) is 3.86. The summed E-state index contributed by atoms with van der Waals surface area (Å²) in [4.78, 5) is 54.8. The SMILES string of the molecule is CC1c2cccc(O)c2C(O)=C2C(=O)C3(O)C(O)=C(C(N)=O)C(=O)C(N(C)C)C3C(OC(=O)CC3CCCC3)C21. The third-order valence-corrected chi connectivity index (χ3v) is 9.16. The summed E-state index contributed by atoms with van der Waals surface area (Å²) in [6, 6.07) is 3.17.